The van der Waals surface area contributed by atoms with Crippen LogP contribution < -0.4 is 5.32 Å². The Hall–Kier alpha value is -0.830. The quantitative estimate of drug-likeness (QED) is 0.675. The third kappa shape index (κ3) is 4.42. The number of nitrogens with one attached hydrogen (secondary N) is 1. The molecule has 1 rings (SSSR count). The summed E-state index contributed by atoms with van der Waals surface area (Å²) in [6.45, 7) is 6.63. The first-order chi connectivity index (χ1) is 6.83. The lowest BCUT2D eigenvalue weighted by atomic mass is 10.2. The maximum atomic E-state index is 4.01. The lowest BCUT2D eigenvalue weighted by Gasteiger charge is -2.12. The number of aromatic nitrogens is 2. The molecular formula is C11H21N3. The van der Waals surface area contributed by atoms with Gasteiger partial charge < -0.3 is 9.88 Å². The zero-order valence-electron chi connectivity index (χ0n) is 9.24. The van der Waals surface area contributed by atoms with Crippen molar-refractivity contribution >= 4 is 0 Å². The molecule has 1 aromatic heterocycles. The minimum Gasteiger partial charge on any atom is -0.337 e. The fourth-order valence-corrected chi connectivity index (χ4v) is 1.56. The van der Waals surface area contributed by atoms with E-state index in [2.05, 4.69) is 28.7 Å². The van der Waals surface area contributed by atoms with Gasteiger partial charge in [-0.15, -0.1) is 0 Å². The molecule has 1 N–H and O–H groups in total. The second kappa shape index (κ2) is 6.60. The molecule has 0 aromatic carbocycles. The lowest BCUT2D eigenvalue weighted by Crippen LogP contribution is -2.27. The Balaban J connectivity index is 1.99. The van der Waals surface area contributed by atoms with Crippen LogP contribution in [0, 0.1) is 0 Å². The Bertz CT molecular complexity index is 218. The predicted molar refractivity (Wildman–Crippen MR) is 59.2 cm³/mol. The highest BCUT2D eigenvalue weighted by Crippen LogP contribution is 1.95. The highest BCUT2D eigenvalue weighted by Gasteiger charge is 1.98. The average Bonchev–Trinajstić information content (AvgIpc) is 2.65. The molecule has 0 aliphatic heterocycles. The van der Waals surface area contributed by atoms with E-state index in [0.29, 0.717) is 6.04 Å². The molecule has 3 nitrogen and oxygen atoms in total. The number of hydrogen-bond donors (Lipinski definition) is 1. The van der Waals surface area contributed by atoms with Gasteiger partial charge in [-0.2, -0.15) is 0 Å². The Morgan fingerprint density at radius 3 is 3.00 bits per heavy atom. The maximum absolute atomic E-state index is 4.01. The standard InChI is InChI=1S/C11H21N3/c1-3-5-11(2)13-6-4-8-14-9-7-12-10-14/h7,9-11,13H,3-6,8H2,1-2H3/t11-/m0/s1. The highest BCUT2D eigenvalue weighted by atomic mass is 15.0. The molecule has 0 aliphatic carbocycles. The molecule has 3 heteroatoms. The first-order valence-electron chi connectivity index (χ1n) is 5.52. The van der Waals surface area contributed by atoms with Crippen LogP contribution in [0.2, 0.25) is 0 Å². The molecule has 0 saturated heterocycles. The highest BCUT2D eigenvalue weighted by molar-refractivity contribution is 4.73. The molecule has 0 aliphatic rings. The predicted octanol–water partition coefficient (Wildman–Crippen LogP) is 2.05. The zero-order chi connectivity index (χ0) is 10.2. The molecule has 0 saturated carbocycles. The van der Waals surface area contributed by atoms with Crippen LogP contribution >= 0.6 is 0 Å². The van der Waals surface area contributed by atoms with Crippen LogP contribution in [0.25, 0.3) is 0 Å². The van der Waals surface area contributed by atoms with Crippen molar-refractivity contribution in [1.82, 2.24) is 14.9 Å². The summed E-state index contributed by atoms with van der Waals surface area (Å²) in [4.78, 5) is 4.01. The summed E-state index contributed by atoms with van der Waals surface area (Å²) in [5, 5.41) is 3.51. The molecule has 0 radical (unpaired) electrons. The summed E-state index contributed by atoms with van der Waals surface area (Å²) in [6.07, 6.45) is 9.41. The third-order valence-electron chi connectivity index (χ3n) is 2.37. The fraction of sp³-hybridized carbons (Fsp3) is 0.727. The van der Waals surface area contributed by atoms with E-state index in [1.165, 1.54) is 19.3 Å². The van der Waals surface area contributed by atoms with Crippen molar-refractivity contribution < 1.29 is 0 Å². The van der Waals surface area contributed by atoms with Crippen molar-refractivity contribution in [2.75, 3.05) is 6.54 Å². The Kier molecular flexibility index (Phi) is 5.30. The van der Waals surface area contributed by atoms with Gasteiger partial charge in [0.25, 0.3) is 0 Å². The van der Waals surface area contributed by atoms with Crippen LogP contribution in [0.5, 0.6) is 0 Å². The molecular weight excluding hydrogens is 174 g/mol. The molecule has 0 bridgehead atoms. The summed E-state index contributed by atoms with van der Waals surface area (Å²) < 4.78 is 2.12. The minimum absolute atomic E-state index is 0.655. The molecule has 1 heterocycles. The SMILES string of the molecule is CCC[C@H](C)NCCCn1ccnc1. The fourth-order valence-electron chi connectivity index (χ4n) is 1.56. The smallest absolute Gasteiger partial charge is 0.0945 e. The van der Waals surface area contributed by atoms with Crippen LogP contribution in [0.15, 0.2) is 18.7 Å². The Morgan fingerprint density at radius 1 is 1.50 bits per heavy atom. The van der Waals surface area contributed by atoms with E-state index in [-0.39, 0.29) is 0 Å². The summed E-state index contributed by atoms with van der Waals surface area (Å²) in [7, 11) is 0. The summed E-state index contributed by atoms with van der Waals surface area (Å²) in [5.74, 6) is 0. The van der Waals surface area contributed by atoms with Crippen molar-refractivity contribution in [3.63, 3.8) is 0 Å². The second-order valence-electron chi connectivity index (χ2n) is 3.80. The van der Waals surface area contributed by atoms with Gasteiger partial charge in [0, 0.05) is 25.0 Å². The van der Waals surface area contributed by atoms with Crippen molar-refractivity contribution in [3.05, 3.63) is 18.7 Å². The Labute approximate surface area is 86.5 Å². The zero-order valence-corrected chi connectivity index (χ0v) is 9.24. The van der Waals surface area contributed by atoms with E-state index in [1.807, 2.05) is 18.7 Å². The van der Waals surface area contributed by atoms with Gasteiger partial charge in [0.05, 0.1) is 6.33 Å². The van der Waals surface area contributed by atoms with Crippen LogP contribution in [0.3, 0.4) is 0 Å². The minimum atomic E-state index is 0.655. The van der Waals surface area contributed by atoms with Gasteiger partial charge in [-0.25, -0.2) is 4.98 Å². The van der Waals surface area contributed by atoms with E-state index in [0.717, 1.165) is 13.1 Å². The van der Waals surface area contributed by atoms with Gasteiger partial charge in [-0.05, 0) is 26.3 Å². The van der Waals surface area contributed by atoms with Crippen LogP contribution in [0.1, 0.15) is 33.1 Å². The van der Waals surface area contributed by atoms with E-state index in [1.54, 1.807) is 0 Å². The summed E-state index contributed by atoms with van der Waals surface area (Å²) in [5.41, 5.74) is 0. The monoisotopic (exact) mass is 195 g/mol. The third-order valence-corrected chi connectivity index (χ3v) is 2.37. The molecule has 80 valence electrons. The van der Waals surface area contributed by atoms with Gasteiger partial charge in [0.1, 0.15) is 0 Å². The largest absolute Gasteiger partial charge is 0.337 e. The van der Waals surface area contributed by atoms with Crippen LogP contribution in [0.4, 0.5) is 0 Å². The van der Waals surface area contributed by atoms with Gasteiger partial charge in [-0.3, -0.25) is 0 Å². The van der Waals surface area contributed by atoms with E-state index < -0.39 is 0 Å². The lowest BCUT2D eigenvalue weighted by molar-refractivity contribution is 0.485. The van der Waals surface area contributed by atoms with Gasteiger partial charge in [-0.1, -0.05) is 13.3 Å². The number of imidazole rings is 1. The average molecular weight is 195 g/mol. The molecule has 14 heavy (non-hydrogen) atoms. The van der Waals surface area contributed by atoms with Crippen LogP contribution in [-0.2, 0) is 6.54 Å². The Morgan fingerprint density at radius 2 is 2.36 bits per heavy atom. The first kappa shape index (κ1) is 11.2. The molecule has 0 unspecified atom stereocenters. The van der Waals surface area contributed by atoms with Crippen molar-refractivity contribution in [1.29, 1.82) is 0 Å². The van der Waals surface area contributed by atoms with Crippen molar-refractivity contribution in [2.45, 2.75) is 45.7 Å². The van der Waals surface area contributed by atoms with Crippen LogP contribution in [-0.4, -0.2) is 22.1 Å². The van der Waals surface area contributed by atoms with Gasteiger partial charge in [0.15, 0.2) is 0 Å². The first-order valence-corrected chi connectivity index (χ1v) is 5.52. The maximum Gasteiger partial charge on any atom is 0.0945 e. The molecule has 0 fully saturated rings. The van der Waals surface area contributed by atoms with E-state index >= 15 is 0 Å². The number of nitrogens with zero attached hydrogens (tertiary/aromatic N) is 2. The molecule has 0 amide bonds. The van der Waals surface area contributed by atoms with Crippen molar-refractivity contribution in [2.24, 2.45) is 0 Å². The molecule has 1 aromatic rings. The van der Waals surface area contributed by atoms with E-state index in [4.69, 9.17) is 0 Å². The number of aryl methyl sites for hydroxylation is 1. The van der Waals surface area contributed by atoms with Crippen molar-refractivity contribution in [3.8, 4) is 0 Å². The van der Waals surface area contributed by atoms with E-state index in [9.17, 15) is 0 Å². The number of hydrogen-bond acceptors (Lipinski definition) is 2. The second-order valence-corrected chi connectivity index (χ2v) is 3.80. The molecule has 0 spiro atoms. The summed E-state index contributed by atoms with van der Waals surface area (Å²) >= 11 is 0. The molecule has 1 atom stereocenters. The summed E-state index contributed by atoms with van der Waals surface area (Å²) in [6, 6.07) is 0.655. The van der Waals surface area contributed by atoms with Gasteiger partial charge in [0.2, 0.25) is 0 Å². The van der Waals surface area contributed by atoms with Gasteiger partial charge >= 0.3 is 0 Å². The topological polar surface area (TPSA) is 29.9 Å². The normalized spacial score (nSPS) is 13.0. The number of rotatable bonds is 7.